The van der Waals surface area contributed by atoms with Crippen molar-refractivity contribution in [1.82, 2.24) is 10.6 Å². The highest BCUT2D eigenvalue weighted by molar-refractivity contribution is 7.90. The van der Waals surface area contributed by atoms with Crippen molar-refractivity contribution in [1.29, 1.82) is 0 Å². The number of halogens is 1. The molecular weight excluding hydrogens is 352 g/mol. The molecule has 2 rings (SSSR count). The highest BCUT2D eigenvalue weighted by Crippen LogP contribution is 2.16. The number of hydrogen-bond acceptors (Lipinski definition) is 5. The molecule has 1 amide bonds. The van der Waals surface area contributed by atoms with Gasteiger partial charge in [0.2, 0.25) is 5.91 Å². The number of sulfone groups is 1. The van der Waals surface area contributed by atoms with Gasteiger partial charge in [-0.1, -0.05) is 0 Å². The second-order valence-electron chi connectivity index (χ2n) is 5.84. The van der Waals surface area contributed by atoms with Crippen LogP contribution < -0.4 is 15.4 Å². The van der Waals surface area contributed by atoms with Crippen LogP contribution in [0.4, 0.5) is 0 Å². The Balaban J connectivity index is 0.00000288. The van der Waals surface area contributed by atoms with Crippen LogP contribution in [0, 0.1) is 5.92 Å². The summed E-state index contributed by atoms with van der Waals surface area (Å²) in [5, 5.41) is 6.20. The third-order valence-corrected chi connectivity index (χ3v) is 5.02. The Morgan fingerprint density at radius 3 is 2.62 bits per heavy atom. The molecule has 6 nitrogen and oxygen atoms in total. The Hall–Kier alpha value is -1.31. The summed E-state index contributed by atoms with van der Waals surface area (Å²) in [7, 11) is -3.20. The molecule has 0 saturated carbocycles. The van der Waals surface area contributed by atoms with E-state index in [-0.39, 0.29) is 36.2 Å². The van der Waals surface area contributed by atoms with Gasteiger partial charge in [0.05, 0.1) is 17.9 Å². The van der Waals surface area contributed by atoms with Gasteiger partial charge >= 0.3 is 0 Å². The summed E-state index contributed by atoms with van der Waals surface area (Å²) in [5.41, 5.74) is 0. The number of amides is 1. The van der Waals surface area contributed by atoms with Gasteiger partial charge in [0.25, 0.3) is 0 Å². The van der Waals surface area contributed by atoms with Crippen molar-refractivity contribution in [3.8, 4) is 5.75 Å². The quantitative estimate of drug-likeness (QED) is 0.716. The maximum atomic E-state index is 11.7. The molecule has 0 bridgehead atoms. The summed E-state index contributed by atoms with van der Waals surface area (Å²) in [4.78, 5) is 12.0. The molecule has 0 aromatic heterocycles. The number of carbonyl (C=O) groups is 1. The summed E-state index contributed by atoms with van der Waals surface area (Å²) in [6, 6.07) is 6.20. The molecule has 1 fully saturated rings. The van der Waals surface area contributed by atoms with E-state index < -0.39 is 9.84 Å². The zero-order valence-corrected chi connectivity index (χ0v) is 15.4. The normalized spacial score (nSPS) is 17.1. The topological polar surface area (TPSA) is 84.5 Å². The van der Waals surface area contributed by atoms with Crippen LogP contribution in [0.25, 0.3) is 0 Å². The predicted octanol–water partition coefficient (Wildman–Crippen LogP) is 1.40. The van der Waals surface area contributed by atoms with E-state index in [0.29, 0.717) is 18.2 Å². The Morgan fingerprint density at radius 2 is 2.04 bits per heavy atom. The van der Waals surface area contributed by atoms with Crippen LogP contribution in [0.2, 0.25) is 0 Å². The van der Waals surface area contributed by atoms with Crippen molar-refractivity contribution in [3.63, 3.8) is 0 Å². The molecule has 1 aromatic rings. The van der Waals surface area contributed by atoms with Crippen LogP contribution >= 0.6 is 12.4 Å². The largest absolute Gasteiger partial charge is 0.493 e. The van der Waals surface area contributed by atoms with Gasteiger partial charge in [0.1, 0.15) is 5.75 Å². The number of benzene rings is 1. The highest BCUT2D eigenvalue weighted by atomic mass is 35.5. The van der Waals surface area contributed by atoms with Crippen molar-refractivity contribution in [2.45, 2.75) is 24.2 Å². The monoisotopic (exact) mass is 376 g/mol. The van der Waals surface area contributed by atoms with Crippen LogP contribution in [0.15, 0.2) is 29.2 Å². The standard InChI is InChI=1S/C16H24N2O4S.ClH/c1-23(20,21)15-4-2-14(3-5-15)22-11-8-16(19)18-10-7-13-6-9-17-12-13;/h2-5,13,17H,6-12H2,1H3,(H,18,19);1H. The van der Waals surface area contributed by atoms with Gasteiger partial charge in [-0.15, -0.1) is 12.4 Å². The minimum atomic E-state index is -3.20. The lowest BCUT2D eigenvalue weighted by molar-refractivity contribution is -0.121. The van der Waals surface area contributed by atoms with E-state index in [9.17, 15) is 13.2 Å². The van der Waals surface area contributed by atoms with E-state index in [1.807, 2.05) is 0 Å². The molecule has 136 valence electrons. The molecule has 1 aromatic carbocycles. The van der Waals surface area contributed by atoms with E-state index in [1.165, 1.54) is 18.6 Å². The van der Waals surface area contributed by atoms with E-state index in [4.69, 9.17) is 4.74 Å². The van der Waals surface area contributed by atoms with Crippen LogP contribution in [0.5, 0.6) is 5.75 Å². The van der Waals surface area contributed by atoms with Crippen LogP contribution in [0.3, 0.4) is 0 Å². The molecule has 24 heavy (non-hydrogen) atoms. The number of carbonyl (C=O) groups excluding carboxylic acids is 1. The fourth-order valence-corrected chi connectivity index (χ4v) is 3.14. The Bertz CT molecular complexity index is 613. The predicted molar refractivity (Wildman–Crippen MR) is 95.5 cm³/mol. The average Bonchev–Trinajstić information content (AvgIpc) is 3.00. The minimum absolute atomic E-state index is 0. The first kappa shape index (κ1) is 20.7. The van der Waals surface area contributed by atoms with Gasteiger partial charge in [-0.2, -0.15) is 0 Å². The lowest BCUT2D eigenvalue weighted by atomic mass is 10.1. The minimum Gasteiger partial charge on any atom is -0.493 e. The highest BCUT2D eigenvalue weighted by Gasteiger charge is 2.14. The zero-order chi connectivity index (χ0) is 16.7. The smallest absolute Gasteiger partial charge is 0.223 e. The molecule has 1 aliphatic heterocycles. The lowest BCUT2D eigenvalue weighted by Crippen LogP contribution is -2.27. The van der Waals surface area contributed by atoms with Crippen molar-refractivity contribution in [3.05, 3.63) is 24.3 Å². The third-order valence-electron chi connectivity index (χ3n) is 3.89. The molecule has 1 atom stereocenters. The van der Waals surface area contributed by atoms with Crippen molar-refractivity contribution in [2.24, 2.45) is 5.92 Å². The molecule has 0 spiro atoms. The third kappa shape index (κ3) is 7.07. The molecule has 1 aliphatic rings. The Morgan fingerprint density at radius 1 is 1.33 bits per heavy atom. The molecular formula is C16H25ClN2O4S. The van der Waals surface area contributed by atoms with Gasteiger partial charge in [-0.3, -0.25) is 4.79 Å². The van der Waals surface area contributed by atoms with Crippen LogP contribution in [0.1, 0.15) is 19.3 Å². The van der Waals surface area contributed by atoms with Crippen LogP contribution in [-0.4, -0.2) is 46.8 Å². The van der Waals surface area contributed by atoms with Crippen molar-refractivity contribution < 1.29 is 17.9 Å². The summed E-state index contributed by atoms with van der Waals surface area (Å²) in [6.07, 6.45) is 3.64. The second kappa shape index (κ2) is 9.86. The van der Waals surface area contributed by atoms with E-state index in [1.54, 1.807) is 12.1 Å². The fourth-order valence-electron chi connectivity index (χ4n) is 2.51. The maximum absolute atomic E-state index is 11.7. The van der Waals surface area contributed by atoms with Gasteiger partial charge in [-0.05, 0) is 56.1 Å². The lowest BCUT2D eigenvalue weighted by Gasteiger charge is -2.10. The molecule has 1 unspecified atom stereocenters. The van der Waals surface area contributed by atoms with E-state index in [2.05, 4.69) is 10.6 Å². The molecule has 0 radical (unpaired) electrons. The van der Waals surface area contributed by atoms with E-state index in [0.717, 1.165) is 25.8 Å². The molecule has 2 N–H and O–H groups in total. The van der Waals surface area contributed by atoms with Gasteiger partial charge < -0.3 is 15.4 Å². The molecule has 0 aliphatic carbocycles. The zero-order valence-electron chi connectivity index (χ0n) is 13.8. The first-order chi connectivity index (χ1) is 10.9. The fraction of sp³-hybridized carbons (Fsp3) is 0.562. The van der Waals surface area contributed by atoms with Gasteiger partial charge in [0, 0.05) is 12.8 Å². The summed E-state index contributed by atoms with van der Waals surface area (Å²) in [6.45, 7) is 3.09. The Kier molecular flexibility index (Phi) is 8.52. The summed E-state index contributed by atoms with van der Waals surface area (Å²) < 4.78 is 28.1. The maximum Gasteiger partial charge on any atom is 0.223 e. The first-order valence-electron chi connectivity index (χ1n) is 7.85. The molecule has 1 saturated heterocycles. The number of rotatable bonds is 8. The van der Waals surface area contributed by atoms with Crippen molar-refractivity contribution >= 4 is 28.2 Å². The van der Waals surface area contributed by atoms with Crippen molar-refractivity contribution in [2.75, 3.05) is 32.5 Å². The number of nitrogens with one attached hydrogen (secondary N) is 2. The summed E-state index contributed by atoms with van der Waals surface area (Å²) >= 11 is 0. The number of hydrogen-bond donors (Lipinski definition) is 2. The second-order valence-corrected chi connectivity index (χ2v) is 7.86. The van der Waals surface area contributed by atoms with Gasteiger partial charge in [-0.25, -0.2) is 8.42 Å². The molecule has 8 heteroatoms. The van der Waals surface area contributed by atoms with E-state index >= 15 is 0 Å². The SMILES string of the molecule is CS(=O)(=O)c1ccc(OCCC(=O)NCCC2CCNC2)cc1.Cl. The average molecular weight is 377 g/mol. The Labute approximate surface area is 149 Å². The first-order valence-corrected chi connectivity index (χ1v) is 9.74. The molecule has 1 heterocycles. The van der Waals surface area contributed by atoms with Crippen LogP contribution in [-0.2, 0) is 14.6 Å². The summed E-state index contributed by atoms with van der Waals surface area (Å²) in [5.74, 6) is 1.20. The number of ether oxygens (including phenoxy) is 1. The van der Waals surface area contributed by atoms with Gasteiger partial charge in [0.15, 0.2) is 9.84 Å².